The minimum atomic E-state index is 0.0951. The zero-order chi connectivity index (χ0) is 15.4. The molecule has 7 heteroatoms. The number of aromatic nitrogens is 4. The van der Waals surface area contributed by atoms with Gasteiger partial charge in [-0.3, -0.25) is 10.00 Å². The average Bonchev–Trinajstić information content (AvgIpc) is 3.19. The quantitative estimate of drug-likeness (QED) is 0.822. The highest BCUT2D eigenvalue weighted by Crippen LogP contribution is 2.27. The van der Waals surface area contributed by atoms with Crippen LogP contribution >= 0.6 is 0 Å². The van der Waals surface area contributed by atoms with Gasteiger partial charge in [0.1, 0.15) is 5.82 Å². The molecule has 0 radical (unpaired) electrons. The van der Waals surface area contributed by atoms with Gasteiger partial charge in [0.2, 0.25) is 0 Å². The molecule has 0 unspecified atom stereocenters. The molecule has 1 aliphatic rings. The summed E-state index contributed by atoms with van der Waals surface area (Å²) in [6.45, 7) is 6.46. The maximum Gasteiger partial charge on any atom is 0.128 e. The maximum atomic E-state index is 6.04. The Labute approximate surface area is 130 Å². The van der Waals surface area contributed by atoms with Crippen LogP contribution in [0.25, 0.3) is 0 Å². The van der Waals surface area contributed by atoms with Gasteiger partial charge >= 0.3 is 0 Å². The van der Waals surface area contributed by atoms with Crippen molar-refractivity contribution in [2.45, 2.75) is 25.6 Å². The molecule has 0 aromatic carbocycles. The first-order valence-corrected chi connectivity index (χ1v) is 7.81. The molecular weight excluding hydrogens is 280 g/mol. The number of aryl methyl sites for hydroxylation is 1. The summed E-state index contributed by atoms with van der Waals surface area (Å²) in [6, 6.07) is 2.16. The molecule has 2 aromatic rings. The lowest BCUT2D eigenvalue weighted by Crippen LogP contribution is -2.49. The van der Waals surface area contributed by atoms with E-state index in [9.17, 15) is 0 Å². The van der Waals surface area contributed by atoms with Crippen LogP contribution in [0.15, 0.2) is 24.7 Å². The number of hydrogen-bond donors (Lipinski definition) is 2. The molecular formula is C15H24N6O. The normalized spacial score (nSPS) is 23.0. The number of nitrogens with one attached hydrogen (secondary N) is 2. The topological polar surface area (TPSA) is 71.0 Å². The number of ether oxygens (including phenoxy) is 1. The number of H-pyrrole nitrogens is 1. The zero-order valence-electron chi connectivity index (χ0n) is 13.2. The molecule has 1 saturated heterocycles. The van der Waals surface area contributed by atoms with Gasteiger partial charge in [-0.25, -0.2) is 4.98 Å². The van der Waals surface area contributed by atoms with Crippen LogP contribution in [0.2, 0.25) is 0 Å². The third kappa shape index (κ3) is 3.21. The van der Waals surface area contributed by atoms with E-state index in [4.69, 9.17) is 4.74 Å². The molecule has 22 heavy (non-hydrogen) atoms. The minimum absolute atomic E-state index is 0.0951. The second-order valence-electron chi connectivity index (χ2n) is 5.59. The van der Waals surface area contributed by atoms with E-state index < -0.39 is 0 Å². The Morgan fingerprint density at radius 2 is 2.36 bits per heavy atom. The van der Waals surface area contributed by atoms with Gasteiger partial charge in [0, 0.05) is 51.0 Å². The summed E-state index contributed by atoms with van der Waals surface area (Å²) < 4.78 is 8.12. The maximum absolute atomic E-state index is 6.04. The van der Waals surface area contributed by atoms with Crippen LogP contribution in [0.3, 0.4) is 0 Å². The number of imidazole rings is 1. The fourth-order valence-corrected chi connectivity index (χ4v) is 3.04. The van der Waals surface area contributed by atoms with Gasteiger partial charge < -0.3 is 14.6 Å². The van der Waals surface area contributed by atoms with Crippen molar-refractivity contribution >= 4 is 0 Å². The van der Waals surface area contributed by atoms with Crippen LogP contribution in [-0.4, -0.2) is 57.0 Å². The second kappa shape index (κ2) is 7.04. The molecule has 0 bridgehead atoms. The first-order chi connectivity index (χ1) is 10.8. The summed E-state index contributed by atoms with van der Waals surface area (Å²) in [7, 11) is 2.04. The van der Waals surface area contributed by atoms with Crippen molar-refractivity contribution in [2.75, 3.05) is 26.2 Å². The Hall–Kier alpha value is -1.70. The highest BCUT2D eigenvalue weighted by molar-refractivity contribution is 5.05. The Morgan fingerprint density at radius 3 is 3.05 bits per heavy atom. The van der Waals surface area contributed by atoms with E-state index in [0.717, 1.165) is 44.3 Å². The highest BCUT2D eigenvalue weighted by atomic mass is 16.5. The van der Waals surface area contributed by atoms with Gasteiger partial charge in [-0.05, 0) is 12.6 Å². The summed E-state index contributed by atoms with van der Waals surface area (Å²) in [5.41, 5.74) is 1.08. The smallest absolute Gasteiger partial charge is 0.128 e. The molecule has 3 heterocycles. The number of likely N-dealkylation sites (N-methyl/N-ethyl adjacent to an activating group) is 1. The Balaban J connectivity index is 1.68. The lowest BCUT2D eigenvalue weighted by Gasteiger charge is -2.40. The number of morpholine rings is 1. The first kappa shape index (κ1) is 15.2. The summed E-state index contributed by atoms with van der Waals surface area (Å²) in [5.74, 6) is 1.06. The van der Waals surface area contributed by atoms with E-state index in [1.165, 1.54) is 0 Å². The Bertz CT molecular complexity index is 566. The number of hydrogen-bond acceptors (Lipinski definition) is 5. The fraction of sp³-hybridized carbons (Fsp3) is 0.600. The van der Waals surface area contributed by atoms with Crippen molar-refractivity contribution in [1.29, 1.82) is 0 Å². The van der Waals surface area contributed by atoms with Gasteiger partial charge in [-0.2, -0.15) is 5.10 Å². The summed E-state index contributed by atoms with van der Waals surface area (Å²) in [5, 5.41) is 10.4. The Morgan fingerprint density at radius 1 is 1.45 bits per heavy atom. The number of rotatable bonds is 6. The monoisotopic (exact) mass is 304 g/mol. The SMILES string of the molecule is CCN1CCO[C@@H](CNCc2ccn[nH]2)[C@@H]1c1nccn1C. The molecule has 0 spiro atoms. The van der Waals surface area contributed by atoms with Gasteiger partial charge in [-0.1, -0.05) is 6.92 Å². The molecule has 2 atom stereocenters. The third-order valence-electron chi connectivity index (χ3n) is 4.20. The van der Waals surface area contributed by atoms with Crippen LogP contribution in [0.5, 0.6) is 0 Å². The molecule has 7 nitrogen and oxygen atoms in total. The van der Waals surface area contributed by atoms with E-state index in [1.807, 2.05) is 25.5 Å². The van der Waals surface area contributed by atoms with Crippen LogP contribution in [0.1, 0.15) is 24.5 Å². The molecule has 0 saturated carbocycles. The lowest BCUT2D eigenvalue weighted by molar-refractivity contribution is -0.0730. The Kier molecular flexibility index (Phi) is 4.87. The highest BCUT2D eigenvalue weighted by Gasteiger charge is 2.34. The van der Waals surface area contributed by atoms with E-state index in [0.29, 0.717) is 0 Å². The van der Waals surface area contributed by atoms with Gasteiger partial charge in [0.15, 0.2) is 0 Å². The van der Waals surface area contributed by atoms with Crippen LogP contribution in [0, 0.1) is 0 Å². The van der Waals surface area contributed by atoms with Gasteiger partial charge in [0.25, 0.3) is 0 Å². The van der Waals surface area contributed by atoms with E-state index >= 15 is 0 Å². The van der Waals surface area contributed by atoms with Crippen LogP contribution in [-0.2, 0) is 18.3 Å². The molecule has 120 valence electrons. The lowest BCUT2D eigenvalue weighted by atomic mass is 10.1. The first-order valence-electron chi connectivity index (χ1n) is 7.81. The largest absolute Gasteiger partial charge is 0.373 e. The van der Waals surface area contributed by atoms with Crippen molar-refractivity contribution in [3.05, 3.63) is 36.2 Å². The second-order valence-corrected chi connectivity index (χ2v) is 5.59. The molecule has 2 aromatic heterocycles. The van der Waals surface area contributed by atoms with Crippen LogP contribution < -0.4 is 5.32 Å². The molecule has 0 aliphatic carbocycles. The van der Waals surface area contributed by atoms with Gasteiger partial charge in [-0.15, -0.1) is 0 Å². The van der Waals surface area contributed by atoms with E-state index in [2.05, 4.69) is 36.9 Å². The van der Waals surface area contributed by atoms with Crippen LogP contribution in [0.4, 0.5) is 0 Å². The standard InChI is InChI=1S/C15H24N6O/c1-3-21-8-9-22-13(11-16-10-12-4-5-18-19-12)14(21)15-17-6-7-20(15)2/h4-7,13-14,16H,3,8-11H2,1-2H3,(H,18,19)/t13-,14+/m0/s1. The van der Waals surface area contributed by atoms with E-state index in [1.54, 1.807) is 6.20 Å². The predicted molar refractivity (Wildman–Crippen MR) is 83.2 cm³/mol. The van der Waals surface area contributed by atoms with Crippen molar-refractivity contribution in [3.8, 4) is 0 Å². The van der Waals surface area contributed by atoms with E-state index in [-0.39, 0.29) is 12.1 Å². The minimum Gasteiger partial charge on any atom is -0.373 e. The van der Waals surface area contributed by atoms with Crippen molar-refractivity contribution in [2.24, 2.45) is 7.05 Å². The van der Waals surface area contributed by atoms with Crippen molar-refractivity contribution in [1.82, 2.24) is 30.0 Å². The number of nitrogens with zero attached hydrogens (tertiary/aromatic N) is 4. The average molecular weight is 304 g/mol. The molecule has 0 amide bonds. The van der Waals surface area contributed by atoms with Gasteiger partial charge in [0.05, 0.1) is 18.8 Å². The molecule has 2 N–H and O–H groups in total. The summed E-state index contributed by atoms with van der Waals surface area (Å²) >= 11 is 0. The number of aromatic amines is 1. The third-order valence-corrected chi connectivity index (χ3v) is 4.20. The van der Waals surface area contributed by atoms with Crippen molar-refractivity contribution < 1.29 is 4.74 Å². The summed E-state index contributed by atoms with van der Waals surface area (Å²) in [6.07, 6.45) is 5.71. The summed E-state index contributed by atoms with van der Waals surface area (Å²) in [4.78, 5) is 6.98. The molecule has 3 rings (SSSR count). The molecule has 1 fully saturated rings. The predicted octanol–water partition coefficient (Wildman–Crippen LogP) is 0.695. The fourth-order valence-electron chi connectivity index (χ4n) is 3.04. The van der Waals surface area contributed by atoms with Crippen molar-refractivity contribution in [3.63, 3.8) is 0 Å². The zero-order valence-corrected chi connectivity index (χ0v) is 13.2. The molecule has 1 aliphatic heterocycles.